The Balaban J connectivity index is 2.16. The summed E-state index contributed by atoms with van der Waals surface area (Å²) in [7, 11) is 0. The smallest absolute Gasteiger partial charge is 0.267 e. The van der Waals surface area contributed by atoms with Gasteiger partial charge in [-0.15, -0.1) is 6.58 Å². The second-order valence-corrected chi connectivity index (χ2v) is 6.15. The molecule has 7 heteroatoms. The van der Waals surface area contributed by atoms with Gasteiger partial charge in [0.2, 0.25) is 0 Å². The number of allylic oxidation sites excluding steroid dienone is 2. The molecule has 0 bridgehead atoms. The Bertz CT molecular complexity index is 871. The van der Waals surface area contributed by atoms with Crippen LogP contribution in [0.3, 0.4) is 0 Å². The topological polar surface area (TPSA) is 107 Å². The summed E-state index contributed by atoms with van der Waals surface area (Å²) in [5.41, 5.74) is 2.05. The van der Waals surface area contributed by atoms with E-state index in [-0.39, 0.29) is 23.1 Å². The fourth-order valence-electron chi connectivity index (χ4n) is 3.44. The van der Waals surface area contributed by atoms with Crippen molar-refractivity contribution in [1.82, 2.24) is 20.4 Å². The fraction of sp³-hybridized carbons (Fsp3) is 0.333. The molecule has 3 rings (SSSR count). The molecule has 0 amide bonds. The van der Waals surface area contributed by atoms with E-state index >= 15 is 0 Å². The van der Waals surface area contributed by atoms with Crippen LogP contribution >= 0.6 is 0 Å². The van der Waals surface area contributed by atoms with Crippen molar-refractivity contribution >= 4 is 0 Å². The molecule has 0 saturated carbocycles. The summed E-state index contributed by atoms with van der Waals surface area (Å²) >= 11 is 0. The van der Waals surface area contributed by atoms with Crippen LogP contribution in [-0.2, 0) is 4.74 Å². The predicted octanol–water partition coefficient (Wildman–Crippen LogP) is 1.78. The lowest BCUT2D eigenvalue weighted by Gasteiger charge is -2.30. The van der Waals surface area contributed by atoms with Crippen molar-refractivity contribution in [2.75, 3.05) is 6.61 Å². The van der Waals surface area contributed by atoms with Crippen molar-refractivity contribution in [2.45, 2.75) is 25.9 Å². The maximum Gasteiger partial charge on any atom is 0.267 e. The molecule has 4 N–H and O–H groups in total. The molecule has 2 aromatic rings. The highest BCUT2D eigenvalue weighted by atomic mass is 16.5. The highest BCUT2D eigenvalue weighted by Crippen LogP contribution is 2.36. The van der Waals surface area contributed by atoms with Gasteiger partial charge >= 0.3 is 0 Å². The SMILES string of the molecule is C=CCO[C@H]1C=CC=C[C@H]1C(c1c(C)[nH][nH]c1=O)c1c(C)[nH][nH]c1=O. The first-order chi connectivity index (χ1) is 12.0. The molecule has 7 nitrogen and oxygen atoms in total. The number of H-pyrrole nitrogens is 4. The van der Waals surface area contributed by atoms with Crippen LogP contribution in [0.1, 0.15) is 28.4 Å². The van der Waals surface area contributed by atoms with Crippen LogP contribution in [0.15, 0.2) is 46.5 Å². The van der Waals surface area contributed by atoms with Crippen molar-refractivity contribution in [2.24, 2.45) is 5.92 Å². The van der Waals surface area contributed by atoms with Crippen molar-refractivity contribution in [3.8, 4) is 0 Å². The summed E-state index contributed by atoms with van der Waals surface area (Å²) in [5.74, 6) is -0.642. The molecule has 1 aliphatic rings. The van der Waals surface area contributed by atoms with Gasteiger partial charge in [0.05, 0.1) is 12.7 Å². The molecule has 2 aromatic heterocycles. The monoisotopic (exact) mass is 342 g/mol. The van der Waals surface area contributed by atoms with Gasteiger partial charge in [0.15, 0.2) is 0 Å². The maximum atomic E-state index is 12.5. The zero-order valence-electron chi connectivity index (χ0n) is 14.3. The van der Waals surface area contributed by atoms with Gasteiger partial charge in [-0.2, -0.15) is 0 Å². The van der Waals surface area contributed by atoms with Gasteiger partial charge in [-0.3, -0.25) is 19.8 Å². The molecule has 132 valence electrons. The third kappa shape index (κ3) is 3.10. The number of hydrogen-bond donors (Lipinski definition) is 4. The second-order valence-electron chi connectivity index (χ2n) is 6.15. The molecule has 0 unspecified atom stereocenters. The third-order valence-electron chi connectivity index (χ3n) is 4.56. The Kier molecular flexibility index (Phi) is 4.76. The molecule has 0 fully saturated rings. The molecule has 0 aliphatic heterocycles. The molecule has 0 spiro atoms. The first-order valence-electron chi connectivity index (χ1n) is 8.16. The standard InChI is InChI=1S/C18H22N4O3/c1-4-9-25-13-8-6-5-7-12(13)16(14-10(2)19-21-17(14)23)15-11(3)20-22-18(15)24/h4-8,12-13,16H,1,9H2,2-3H3,(H2,19,21,23)(H2,20,22,24)/t12-,13+/m1/s1. The van der Waals surface area contributed by atoms with E-state index in [1.807, 2.05) is 38.2 Å². The van der Waals surface area contributed by atoms with Crippen molar-refractivity contribution in [1.29, 1.82) is 0 Å². The summed E-state index contributed by atoms with van der Waals surface area (Å²) in [6.07, 6.45) is 9.15. The number of nitrogens with one attached hydrogen (secondary N) is 4. The molecular weight excluding hydrogens is 320 g/mol. The molecule has 0 aromatic carbocycles. The predicted molar refractivity (Wildman–Crippen MR) is 95.9 cm³/mol. The van der Waals surface area contributed by atoms with E-state index in [4.69, 9.17) is 4.74 Å². The zero-order valence-corrected chi connectivity index (χ0v) is 14.3. The van der Waals surface area contributed by atoms with Crippen LogP contribution < -0.4 is 11.1 Å². The fourth-order valence-corrected chi connectivity index (χ4v) is 3.44. The van der Waals surface area contributed by atoms with Gasteiger partial charge < -0.3 is 14.9 Å². The van der Waals surface area contributed by atoms with E-state index in [0.717, 1.165) is 0 Å². The molecule has 0 radical (unpaired) electrons. The first-order valence-corrected chi connectivity index (χ1v) is 8.16. The summed E-state index contributed by atoms with van der Waals surface area (Å²) in [6.45, 7) is 7.71. The average molecular weight is 342 g/mol. The van der Waals surface area contributed by atoms with Crippen LogP contribution in [0.4, 0.5) is 0 Å². The van der Waals surface area contributed by atoms with Gasteiger partial charge in [-0.05, 0) is 13.8 Å². The number of rotatable bonds is 6. The molecule has 2 atom stereocenters. The Morgan fingerprint density at radius 3 is 2.08 bits per heavy atom. The van der Waals surface area contributed by atoms with Crippen LogP contribution in [0, 0.1) is 19.8 Å². The van der Waals surface area contributed by atoms with E-state index in [2.05, 4.69) is 27.0 Å². The largest absolute Gasteiger partial charge is 0.369 e. The quantitative estimate of drug-likeness (QED) is 0.601. The highest BCUT2D eigenvalue weighted by molar-refractivity contribution is 5.38. The minimum absolute atomic E-state index is 0.198. The van der Waals surface area contributed by atoms with Gasteiger partial charge in [0.1, 0.15) is 0 Å². The summed E-state index contributed by atoms with van der Waals surface area (Å²) < 4.78 is 5.88. The van der Waals surface area contributed by atoms with Gasteiger partial charge in [0, 0.05) is 34.4 Å². The van der Waals surface area contributed by atoms with Crippen molar-refractivity contribution in [3.05, 3.63) is 80.2 Å². The van der Waals surface area contributed by atoms with Crippen molar-refractivity contribution < 1.29 is 4.74 Å². The number of aryl methyl sites for hydroxylation is 2. The Labute approximate surface area is 144 Å². The van der Waals surface area contributed by atoms with Crippen LogP contribution in [-0.4, -0.2) is 33.1 Å². The normalized spacial score (nSPS) is 19.6. The Morgan fingerprint density at radius 2 is 1.60 bits per heavy atom. The average Bonchev–Trinajstić information content (AvgIpc) is 3.11. The van der Waals surface area contributed by atoms with Gasteiger partial charge in [-0.1, -0.05) is 30.4 Å². The summed E-state index contributed by atoms with van der Waals surface area (Å²) in [6, 6.07) is 0. The lowest BCUT2D eigenvalue weighted by Crippen LogP contribution is -2.33. The molecular formula is C18H22N4O3. The number of aromatic amines is 4. The van der Waals surface area contributed by atoms with Crippen LogP contribution in [0.25, 0.3) is 0 Å². The van der Waals surface area contributed by atoms with Crippen molar-refractivity contribution in [3.63, 3.8) is 0 Å². The van der Waals surface area contributed by atoms with E-state index < -0.39 is 5.92 Å². The van der Waals surface area contributed by atoms with E-state index in [0.29, 0.717) is 29.1 Å². The minimum Gasteiger partial charge on any atom is -0.369 e. The minimum atomic E-state index is -0.444. The number of hydrogen-bond acceptors (Lipinski definition) is 3. The second kappa shape index (κ2) is 6.98. The van der Waals surface area contributed by atoms with E-state index in [1.54, 1.807) is 6.08 Å². The molecule has 0 saturated heterocycles. The van der Waals surface area contributed by atoms with E-state index in [1.165, 1.54) is 0 Å². The zero-order chi connectivity index (χ0) is 18.0. The molecule has 25 heavy (non-hydrogen) atoms. The highest BCUT2D eigenvalue weighted by Gasteiger charge is 2.36. The maximum absolute atomic E-state index is 12.5. The van der Waals surface area contributed by atoms with E-state index in [9.17, 15) is 9.59 Å². The molecule has 2 heterocycles. The first kappa shape index (κ1) is 17.0. The van der Waals surface area contributed by atoms with Gasteiger partial charge in [0.25, 0.3) is 11.1 Å². The Hall–Kier alpha value is -2.80. The number of ether oxygens (including phenoxy) is 1. The van der Waals surface area contributed by atoms with Crippen LogP contribution in [0.2, 0.25) is 0 Å². The van der Waals surface area contributed by atoms with Gasteiger partial charge in [-0.25, -0.2) is 0 Å². The Morgan fingerprint density at radius 1 is 1.04 bits per heavy atom. The van der Waals surface area contributed by atoms with Crippen LogP contribution in [0.5, 0.6) is 0 Å². The lowest BCUT2D eigenvalue weighted by molar-refractivity contribution is 0.0726. The number of aromatic nitrogens is 4. The third-order valence-corrected chi connectivity index (χ3v) is 4.56. The summed E-state index contributed by atoms with van der Waals surface area (Å²) in [5, 5.41) is 10.9. The molecule has 1 aliphatic carbocycles. The summed E-state index contributed by atoms with van der Waals surface area (Å²) in [4.78, 5) is 24.9. The lowest BCUT2D eigenvalue weighted by atomic mass is 9.76.